The van der Waals surface area contributed by atoms with Crippen molar-refractivity contribution in [2.45, 2.75) is 31.5 Å². The molecule has 110 valence electrons. The summed E-state index contributed by atoms with van der Waals surface area (Å²) in [6.07, 6.45) is 5.71. The highest BCUT2D eigenvalue weighted by atomic mass is 16.2. The standard InChI is InChI=1S/C16H20N4O/c1-20(11-14-17-9-10-18-14)15(12-5-3-2-4-6-12)16(21)19-13-7-8-13/h2-6,9-10,13,15H,7-8,11H2,1H3,(H,17,18)(H,19,21). The molecule has 2 N–H and O–H groups in total. The summed E-state index contributed by atoms with van der Waals surface area (Å²) in [6, 6.07) is 9.95. The number of likely N-dealkylation sites (N-methyl/N-ethyl adjacent to an activating group) is 1. The summed E-state index contributed by atoms with van der Waals surface area (Å²) in [5.41, 5.74) is 1.00. The first-order chi connectivity index (χ1) is 10.2. The maximum Gasteiger partial charge on any atom is 0.242 e. The number of aromatic amines is 1. The Labute approximate surface area is 124 Å². The van der Waals surface area contributed by atoms with Crippen LogP contribution in [0.2, 0.25) is 0 Å². The summed E-state index contributed by atoms with van der Waals surface area (Å²) in [5.74, 6) is 0.926. The van der Waals surface area contributed by atoms with Gasteiger partial charge in [-0.3, -0.25) is 9.69 Å². The lowest BCUT2D eigenvalue weighted by Gasteiger charge is -2.27. The molecule has 0 saturated heterocycles. The molecule has 5 nitrogen and oxygen atoms in total. The lowest BCUT2D eigenvalue weighted by atomic mass is 10.0. The quantitative estimate of drug-likeness (QED) is 0.851. The van der Waals surface area contributed by atoms with E-state index in [1.165, 1.54) is 0 Å². The largest absolute Gasteiger partial charge is 0.352 e. The van der Waals surface area contributed by atoms with Crippen LogP contribution in [0.5, 0.6) is 0 Å². The van der Waals surface area contributed by atoms with Gasteiger partial charge in [0.2, 0.25) is 5.91 Å². The van der Waals surface area contributed by atoms with Gasteiger partial charge in [-0.2, -0.15) is 0 Å². The molecule has 5 heteroatoms. The second-order valence-corrected chi connectivity index (χ2v) is 5.55. The van der Waals surface area contributed by atoms with Crippen LogP contribution < -0.4 is 5.32 Å². The topological polar surface area (TPSA) is 61.0 Å². The Hall–Kier alpha value is -2.14. The maximum atomic E-state index is 12.6. The summed E-state index contributed by atoms with van der Waals surface area (Å²) >= 11 is 0. The molecule has 1 saturated carbocycles. The van der Waals surface area contributed by atoms with Crippen LogP contribution >= 0.6 is 0 Å². The highest BCUT2D eigenvalue weighted by Crippen LogP contribution is 2.24. The van der Waals surface area contributed by atoms with Gasteiger partial charge in [-0.1, -0.05) is 30.3 Å². The van der Waals surface area contributed by atoms with Crippen LogP contribution in [0.1, 0.15) is 30.3 Å². The average molecular weight is 284 g/mol. The minimum absolute atomic E-state index is 0.0674. The number of imidazole rings is 1. The van der Waals surface area contributed by atoms with E-state index in [4.69, 9.17) is 0 Å². The van der Waals surface area contributed by atoms with Crippen molar-refractivity contribution in [3.8, 4) is 0 Å². The van der Waals surface area contributed by atoms with E-state index in [0.29, 0.717) is 12.6 Å². The maximum absolute atomic E-state index is 12.6. The summed E-state index contributed by atoms with van der Waals surface area (Å²) in [5, 5.41) is 3.10. The van der Waals surface area contributed by atoms with Gasteiger partial charge in [0.05, 0.1) is 6.54 Å². The molecule has 0 radical (unpaired) electrons. The molecule has 1 unspecified atom stereocenters. The molecule has 1 heterocycles. The van der Waals surface area contributed by atoms with Gasteiger partial charge in [-0.05, 0) is 25.5 Å². The van der Waals surface area contributed by atoms with Crippen molar-refractivity contribution < 1.29 is 4.79 Å². The van der Waals surface area contributed by atoms with Gasteiger partial charge < -0.3 is 10.3 Å². The number of aromatic nitrogens is 2. The number of amides is 1. The van der Waals surface area contributed by atoms with E-state index in [9.17, 15) is 4.79 Å². The van der Waals surface area contributed by atoms with Gasteiger partial charge in [0.1, 0.15) is 11.9 Å². The van der Waals surface area contributed by atoms with Crippen LogP contribution in [0.4, 0.5) is 0 Å². The average Bonchev–Trinajstić information content (AvgIpc) is 3.14. The number of hydrogen-bond donors (Lipinski definition) is 2. The first-order valence-electron chi connectivity index (χ1n) is 7.28. The van der Waals surface area contributed by atoms with E-state index < -0.39 is 0 Å². The Morgan fingerprint density at radius 3 is 2.81 bits per heavy atom. The van der Waals surface area contributed by atoms with Gasteiger partial charge in [-0.25, -0.2) is 4.98 Å². The van der Waals surface area contributed by atoms with Gasteiger partial charge in [0.15, 0.2) is 0 Å². The Morgan fingerprint density at radius 1 is 1.43 bits per heavy atom. The lowest BCUT2D eigenvalue weighted by Crippen LogP contribution is -2.39. The lowest BCUT2D eigenvalue weighted by molar-refractivity contribution is -0.126. The molecular weight excluding hydrogens is 264 g/mol. The minimum Gasteiger partial charge on any atom is -0.352 e. The number of carbonyl (C=O) groups is 1. The van der Waals surface area contributed by atoms with Crippen LogP contribution in [-0.4, -0.2) is 33.9 Å². The van der Waals surface area contributed by atoms with Crippen molar-refractivity contribution in [1.82, 2.24) is 20.2 Å². The van der Waals surface area contributed by atoms with Gasteiger partial charge in [0.25, 0.3) is 0 Å². The van der Waals surface area contributed by atoms with E-state index in [0.717, 1.165) is 24.2 Å². The molecule has 21 heavy (non-hydrogen) atoms. The number of nitrogens with zero attached hydrogens (tertiary/aromatic N) is 2. The molecule has 1 aliphatic carbocycles. The second kappa shape index (κ2) is 6.10. The third-order valence-corrected chi connectivity index (χ3v) is 3.68. The van der Waals surface area contributed by atoms with Crippen molar-refractivity contribution >= 4 is 5.91 Å². The number of rotatable bonds is 6. The SMILES string of the molecule is CN(Cc1ncc[nH]1)C(C(=O)NC1CC1)c1ccccc1. The molecule has 3 rings (SSSR count). The fourth-order valence-electron chi connectivity index (χ4n) is 2.46. The summed E-state index contributed by atoms with van der Waals surface area (Å²) in [7, 11) is 1.95. The molecule has 0 spiro atoms. The third kappa shape index (κ3) is 3.49. The van der Waals surface area contributed by atoms with Gasteiger partial charge in [0, 0.05) is 18.4 Å². The predicted octanol–water partition coefficient (Wildman–Crippen LogP) is 1.86. The molecule has 1 aromatic carbocycles. The van der Waals surface area contributed by atoms with E-state index in [-0.39, 0.29) is 11.9 Å². The molecule has 1 atom stereocenters. The Bertz CT molecular complexity index is 578. The van der Waals surface area contributed by atoms with Gasteiger partial charge in [-0.15, -0.1) is 0 Å². The van der Waals surface area contributed by atoms with Crippen LogP contribution in [0.25, 0.3) is 0 Å². The number of hydrogen-bond acceptors (Lipinski definition) is 3. The molecule has 1 aliphatic rings. The van der Waals surface area contributed by atoms with Gasteiger partial charge >= 0.3 is 0 Å². The second-order valence-electron chi connectivity index (χ2n) is 5.55. The molecule has 1 amide bonds. The van der Waals surface area contributed by atoms with E-state index in [2.05, 4.69) is 15.3 Å². The molecule has 1 fully saturated rings. The van der Waals surface area contributed by atoms with Crippen LogP contribution in [0, 0.1) is 0 Å². The first kappa shape index (κ1) is 13.8. The fraction of sp³-hybridized carbons (Fsp3) is 0.375. The van der Waals surface area contributed by atoms with Crippen molar-refractivity contribution in [3.05, 3.63) is 54.1 Å². The first-order valence-corrected chi connectivity index (χ1v) is 7.28. The molecule has 0 aliphatic heterocycles. The Kier molecular flexibility index (Phi) is 4.01. The fourth-order valence-corrected chi connectivity index (χ4v) is 2.46. The highest BCUT2D eigenvalue weighted by molar-refractivity contribution is 5.83. The number of carbonyl (C=O) groups excluding carboxylic acids is 1. The van der Waals surface area contributed by atoms with Crippen LogP contribution in [0.3, 0.4) is 0 Å². The number of benzene rings is 1. The predicted molar refractivity (Wildman–Crippen MR) is 80.4 cm³/mol. The van der Waals surface area contributed by atoms with Crippen LogP contribution in [0.15, 0.2) is 42.7 Å². The molecular formula is C16H20N4O. The van der Waals surface area contributed by atoms with Crippen molar-refractivity contribution in [2.75, 3.05) is 7.05 Å². The third-order valence-electron chi connectivity index (χ3n) is 3.68. The summed E-state index contributed by atoms with van der Waals surface area (Å²) in [4.78, 5) is 21.9. The normalized spacial score (nSPS) is 15.9. The van der Waals surface area contributed by atoms with Crippen molar-refractivity contribution in [2.24, 2.45) is 0 Å². The Morgan fingerprint density at radius 2 is 2.19 bits per heavy atom. The summed E-state index contributed by atoms with van der Waals surface area (Å²) < 4.78 is 0. The zero-order chi connectivity index (χ0) is 14.7. The number of H-pyrrole nitrogens is 1. The molecule has 1 aromatic heterocycles. The van der Waals surface area contributed by atoms with Crippen molar-refractivity contribution in [1.29, 1.82) is 0 Å². The molecule has 2 aromatic rings. The monoisotopic (exact) mass is 284 g/mol. The zero-order valence-electron chi connectivity index (χ0n) is 12.1. The smallest absolute Gasteiger partial charge is 0.242 e. The number of nitrogens with one attached hydrogen (secondary N) is 2. The van der Waals surface area contributed by atoms with Crippen molar-refractivity contribution in [3.63, 3.8) is 0 Å². The van der Waals surface area contributed by atoms with E-state index >= 15 is 0 Å². The zero-order valence-corrected chi connectivity index (χ0v) is 12.1. The van der Waals surface area contributed by atoms with E-state index in [1.807, 2.05) is 42.3 Å². The van der Waals surface area contributed by atoms with E-state index in [1.54, 1.807) is 12.4 Å². The summed E-state index contributed by atoms with van der Waals surface area (Å²) in [6.45, 7) is 0.602. The van der Waals surface area contributed by atoms with Crippen LogP contribution in [-0.2, 0) is 11.3 Å². The minimum atomic E-state index is -0.295. The molecule has 0 bridgehead atoms. The Balaban J connectivity index is 1.78. The highest BCUT2D eigenvalue weighted by Gasteiger charge is 2.30.